The molecule has 3 aromatic rings. The second-order valence-corrected chi connectivity index (χ2v) is 20.0. The molecule has 3 aromatic carbocycles. The van der Waals surface area contributed by atoms with Crippen molar-refractivity contribution in [3.63, 3.8) is 0 Å². The highest BCUT2D eigenvalue weighted by Gasteiger charge is 2.35. The average Bonchev–Trinajstić information content (AvgIpc) is 3.22. The first-order valence-electron chi connectivity index (χ1n) is 21.9. The highest BCUT2D eigenvalue weighted by atomic mass is 35.5. The van der Waals surface area contributed by atoms with Gasteiger partial charge in [-0.05, 0) is 119 Å². The number of rotatable bonds is 2. The molecule has 6 atom stereocenters. The Morgan fingerprint density at radius 2 is 0.970 bits per heavy atom. The predicted molar refractivity (Wildman–Crippen MR) is 266 cm³/mol. The van der Waals surface area contributed by atoms with E-state index in [0.717, 1.165) is 43.6 Å². The maximum atomic E-state index is 12.4. The molecule has 2 amide bonds. The molecule has 3 aliphatic rings. The molecule has 3 fully saturated rings. The molecule has 66 heavy (non-hydrogen) atoms. The van der Waals surface area contributed by atoms with E-state index < -0.39 is 17.0 Å². The van der Waals surface area contributed by atoms with Crippen LogP contribution in [-0.2, 0) is 9.47 Å². The number of hydrogen-bond donors (Lipinski definition) is 2. The zero-order valence-corrected chi connectivity index (χ0v) is 42.4. The number of ether oxygens (including phenoxy) is 2. The molecule has 0 aliphatic carbocycles. The van der Waals surface area contributed by atoms with E-state index in [-0.39, 0.29) is 41.0 Å². The highest BCUT2D eigenvalue weighted by molar-refractivity contribution is 6.34. The summed E-state index contributed by atoms with van der Waals surface area (Å²) in [6.45, 7) is 49.2. The van der Waals surface area contributed by atoms with E-state index in [9.17, 15) is 14.0 Å². The Bertz CT molecular complexity index is 2250. The van der Waals surface area contributed by atoms with Crippen LogP contribution >= 0.6 is 34.8 Å². The van der Waals surface area contributed by atoms with Gasteiger partial charge in [-0.2, -0.15) is 0 Å². The quantitative estimate of drug-likeness (QED) is 0.245. The van der Waals surface area contributed by atoms with Gasteiger partial charge in [-0.25, -0.2) is 28.5 Å². The van der Waals surface area contributed by atoms with Gasteiger partial charge < -0.3 is 39.7 Å². The molecule has 0 radical (unpaired) electrons. The summed E-state index contributed by atoms with van der Waals surface area (Å²) in [6, 6.07) is 16.4. The van der Waals surface area contributed by atoms with E-state index in [1.165, 1.54) is 12.1 Å². The van der Waals surface area contributed by atoms with Crippen molar-refractivity contribution in [2.75, 3.05) is 49.1 Å². The number of anilines is 2. The summed E-state index contributed by atoms with van der Waals surface area (Å²) in [5, 5.41) is 7.93. The standard InChI is InChI=1S/C18H24ClN3O2.C13H16ClN3.C11H22N2O2.C7H3ClFN/c1-12-11-22(17(23)24-18(3,4)5)13(2)10-21(12)14-7-8-16(20-6)15(19)9-14;1-9-8-17(10(2)7-16-9)11-4-5-13(15-3)12(14)6-11;1-8-7-13(9(2)6-12-8)10(14)15-11(3,4)5;1-10-7-3-2-5(9)4-6(7)8/h7-9,12-13H,10-11H2,1-5H3;4-6,9-10,16H,7-8H2,1-2H3;8-9,12H,6-7H2,1-5H3;2-4H/t12-,13+;9-,10+;8-,9+;/m010./s1. The maximum absolute atomic E-state index is 12.4. The molecule has 13 nitrogen and oxygen atoms in total. The summed E-state index contributed by atoms with van der Waals surface area (Å²) in [6.07, 6.45) is -0.480. The first kappa shape index (κ1) is 55.3. The van der Waals surface area contributed by atoms with Crippen LogP contribution in [-0.4, -0.2) is 109 Å². The number of carbonyl (C=O) groups excluding carboxylic acids is 2. The lowest BCUT2D eigenvalue weighted by atomic mass is 10.1. The molecule has 3 saturated heterocycles. The van der Waals surface area contributed by atoms with Crippen LogP contribution < -0.4 is 20.4 Å². The molecule has 0 bridgehead atoms. The van der Waals surface area contributed by atoms with Gasteiger partial charge >= 0.3 is 12.2 Å². The number of halogens is 4. The second-order valence-electron chi connectivity index (χ2n) is 18.8. The Hall–Kier alpha value is -5.01. The summed E-state index contributed by atoms with van der Waals surface area (Å²) < 4.78 is 23.2. The Labute approximate surface area is 406 Å². The minimum absolute atomic E-state index is 0.0235. The Morgan fingerprint density at radius 1 is 0.576 bits per heavy atom. The monoisotopic (exact) mass is 967 g/mol. The second kappa shape index (κ2) is 24.7. The molecule has 6 rings (SSSR count). The third kappa shape index (κ3) is 17.0. The van der Waals surface area contributed by atoms with Crippen LogP contribution in [0.25, 0.3) is 14.5 Å². The zero-order valence-electron chi connectivity index (χ0n) is 40.2. The first-order valence-corrected chi connectivity index (χ1v) is 23.1. The number of amides is 2. The Balaban J connectivity index is 0.000000244. The normalized spacial score (nSPS) is 21.7. The SMILES string of the molecule is C[C@@H]1CN[C@@H](C)CN1C(=O)OC(C)(C)C.[C-]#[N+]c1ccc(F)cc1Cl.[C-]#[N+]c1ccc(N2C[C@@H](C)N(C(=O)OC(C)(C)C)C[C@@H]2C)cc1Cl.[C-]#[N+]c1ccc(N2C[C@@H](C)NC[C@@H]2C)cc1Cl. The topological polar surface area (TPSA) is 103 Å². The number of hydrogen-bond acceptors (Lipinski definition) is 8. The number of piperazine rings is 3. The van der Waals surface area contributed by atoms with Gasteiger partial charge in [-0.1, -0.05) is 53.0 Å². The molecule has 0 unspecified atom stereocenters. The third-order valence-corrected chi connectivity index (χ3v) is 11.5. The summed E-state index contributed by atoms with van der Waals surface area (Å²) in [7, 11) is 0. The summed E-state index contributed by atoms with van der Waals surface area (Å²) in [5.41, 5.74) is 2.41. The van der Waals surface area contributed by atoms with Crippen molar-refractivity contribution in [3.8, 4) is 0 Å². The van der Waals surface area contributed by atoms with Gasteiger partial charge in [0.25, 0.3) is 0 Å². The van der Waals surface area contributed by atoms with Crippen LogP contribution in [0.3, 0.4) is 0 Å². The van der Waals surface area contributed by atoms with E-state index in [1.807, 2.05) is 79.7 Å². The molecule has 0 spiro atoms. The Morgan fingerprint density at radius 3 is 1.39 bits per heavy atom. The van der Waals surface area contributed by atoms with E-state index in [4.69, 9.17) is 64.0 Å². The molecule has 0 aromatic heterocycles. The van der Waals surface area contributed by atoms with E-state index in [2.05, 4.69) is 62.7 Å². The molecule has 2 N–H and O–H groups in total. The van der Waals surface area contributed by atoms with E-state index in [0.29, 0.717) is 52.6 Å². The van der Waals surface area contributed by atoms with Crippen molar-refractivity contribution in [3.05, 3.63) is 110 Å². The van der Waals surface area contributed by atoms with Gasteiger partial charge in [0.05, 0.1) is 19.7 Å². The lowest BCUT2D eigenvalue weighted by Gasteiger charge is -2.45. The first-order chi connectivity index (χ1) is 30.8. The van der Waals surface area contributed by atoms with Crippen molar-refractivity contribution in [1.82, 2.24) is 20.4 Å². The van der Waals surface area contributed by atoms with Crippen LogP contribution in [0.2, 0.25) is 15.1 Å². The largest absolute Gasteiger partial charge is 0.444 e. The van der Waals surface area contributed by atoms with Crippen LogP contribution in [0, 0.1) is 25.5 Å². The zero-order chi connectivity index (χ0) is 49.7. The molecule has 3 heterocycles. The highest BCUT2D eigenvalue weighted by Crippen LogP contribution is 2.33. The fraction of sp³-hybridized carbons (Fsp3) is 0.531. The molecule has 0 saturated carbocycles. The van der Waals surface area contributed by atoms with E-state index >= 15 is 0 Å². The summed E-state index contributed by atoms with van der Waals surface area (Å²) in [4.78, 5) is 42.2. The smallest absolute Gasteiger partial charge is 0.410 e. The minimum Gasteiger partial charge on any atom is -0.444 e. The van der Waals surface area contributed by atoms with Gasteiger partial charge in [0.2, 0.25) is 17.1 Å². The molecule has 358 valence electrons. The fourth-order valence-electron chi connectivity index (χ4n) is 7.14. The van der Waals surface area contributed by atoms with Crippen LogP contribution in [0.5, 0.6) is 0 Å². The van der Waals surface area contributed by atoms with Crippen molar-refractivity contribution in [1.29, 1.82) is 0 Å². The Kier molecular flexibility index (Phi) is 20.7. The van der Waals surface area contributed by atoms with Gasteiger partial charge in [0, 0.05) is 102 Å². The lowest BCUT2D eigenvalue weighted by Crippen LogP contribution is -2.59. The van der Waals surface area contributed by atoms with Crippen molar-refractivity contribution in [2.24, 2.45) is 0 Å². The van der Waals surface area contributed by atoms with Crippen molar-refractivity contribution < 1.29 is 23.5 Å². The average molecular weight is 969 g/mol. The number of nitrogens with one attached hydrogen (secondary N) is 2. The van der Waals surface area contributed by atoms with Gasteiger partial charge in [0.1, 0.15) is 17.0 Å². The van der Waals surface area contributed by atoms with Crippen LogP contribution in [0.15, 0.2) is 54.6 Å². The van der Waals surface area contributed by atoms with Gasteiger partial charge in [-0.15, -0.1) is 0 Å². The minimum atomic E-state index is -0.500. The van der Waals surface area contributed by atoms with Crippen LogP contribution in [0.1, 0.15) is 83.1 Å². The fourth-order valence-corrected chi connectivity index (χ4v) is 7.78. The van der Waals surface area contributed by atoms with Crippen molar-refractivity contribution in [2.45, 2.75) is 131 Å². The summed E-state index contributed by atoms with van der Waals surface area (Å²) in [5.74, 6) is -0.419. The number of carbonyl (C=O) groups is 2. The molecular formula is C49H65Cl3FN9O4. The molecule has 17 heteroatoms. The lowest BCUT2D eigenvalue weighted by molar-refractivity contribution is 0.0101. The number of nitrogens with zero attached hydrogens (tertiary/aromatic N) is 7. The van der Waals surface area contributed by atoms with Gasteiger partial charge in [-0.3, -0.25) is 0 Å². The maximum Gasteiger partial charge on any atom is 0.410 e. The van der Waals surface area contributed by atoms with E-state index in [1.54, 1.807) is 21.9 Å². The molecule has 3 aliphatic heterocycles. The van der Waals surface area contributed by atoms with Crippen molar-refractivity contribution >= 4 is 75.4 Å². The number of benzene rings is 3. The molecular weight excluding hydrogens is 904 g/mol. The summed E-state index contributed by atoms with van der Waals surface area (Å²) >= 11 is 17.7. The third-order valence-electron chi connectivity index (χ3n) is 10.6. The van der Waals surface area contributed by atoms with Crippen LogP contribution in [0.4, 0.5) is 42.4 Å². The predicted octanol–water partition coefficient (Wildman–Crippen LogP) is 12.4. The van der Waals surface area contributed by atoms with Gasteiger partial charge in [0.15, 0.2) is 0 Å².